The van der Waals surface area contributed by atoms with Crippen LogP contribution in [0.3, 0.4) is 0 Å². The third-order valence-corrected chi connectivity index (χ3v) is 4.63. The number of nitrogens with one attached hydrogen (secondary N) is 1. The molecule has 0 aromatic heterocycles. The summed E-state index contributed by atoms with van der Waals surface area (Å²) in [5.74, 6) is 1.18. The third kappa shape index (κ3) is 5.75. The third-order valence-electron chi connectivity index (χ3n) is 4.63. The van der Waals surface area contributed by atoms with Crippen LogP contribution in [0.5, 0.6) is 11.5 Å². The largest absolute Gasteiger partial charge is 0.497 e. The molecule has 3 aromatic rings. The predicted molar refractivity (Wildman–Crippen MR) is 117 cm³/mol. The molecule has 5 nitrogen and oxygen atoms in total. The molecule has 0 heterocycles. The number of benzene rings is 3. The first-order valence-corrected chi connectivity index (χ1v) is 9.55. The average Bonchev–Trinajstić information content (AvgIpc) is 2.78. The number of hydrogen-bond donors (Lipinski definition) is 1. The van der Waals surface area contributed by atoms with E-state index in [4.69, 9.17) is 9.47 Å². The Morgan fingerprint density at radius 1 is 0.897 bits per heavy atom. The van der Waals surface area contributed by atoms with Gasteiger partial charge in [-0.05, 0) is 29.8 Å². The summed E-state index contributed by atoms with van der Waals surface area (Å²) in [5, 5.41) is 2.94. The first kappa shape index (κ1) is 20.3. The highest BCUT2D eigenvalue weighted by Gasteiger charge is 2.12. The molecule has 0 fully saturated rings. The van der Waals surface area contributed by atoms with E-state index in [1.165, 1.54) is 5.56 Å². The summed E-state index contributed by atoms with van der Waals surface area (Å²) >= 11 is 0. The molecule has 0 saturated carbocycles. The Balaban J connectivity index is 1.67. The smallest absolute Gasteiger partial charge is 0.226 e. The zero-order valence-corrected chi connectivity index (χ0v) is 16.8. The number of hydrogen-bond acceptors (Lipinski definition) is 4. The zero-order chi connectivity index (χ0) is 20.5. The molecule has 0 aliphatic heterocycles. The Morgan fingerprint density at radius 3 is 2.24 bits per heavy atom. The average molecular weight is 390 g/mol. The highest BCUT2D eigenvalue weighted by atomic mass is 16.5. The lowest BCUT2D eigenvalue weighted by Gasteiger charge is -2.25. The highest BCUT2D eigenvalue weighted by molar-refractivity contribution is 5.92. The van der Waals surface area contributed by atoms with E-state index in [9.17, 15) is 4.79 Å². The van der Waals surface area contributed by atoms with E-state index in [0.29, 0.717) is 30.2 Å². The van der Waals surface area contributed by atoms with Crippen LogP contribution in [-0.4, -0.2) is 26.7 Å². The first-order valence-electron chi connectivity index (χ1n) is 9.55. The minimum Gasteiger partial charge on any atom is -0.497 e. The zero-order valence-electron chi connectivity index (χ0n) is 16.8. The predicted octanol–water partition coefficient (Wildman–Crippen LogP) is 4.74. The van der Waals surface area contributed by atoms with Gasteiger partial charge in [0.25, 0.3) is 0 Å². The van der Waals surface area contributed by atoms with Crippen LogP contribution >= 0.6 is 0 Å². The van der Waals surface area contributed by atoms with Crippen LogP contribution in [0.25, 0.3) is 0 Å². The summed E-state index contributed by atoms with van der Waals surface area (Å²) < 4.78 is 10.6. The number of amides is 1. The lowest BCUT2D eigenvalue weighted by Crippen LogP contribution is -2.27. The second-order valence-corrected chi connectivity index (χ2v) is 6.61. The lowest BCUT2D eigenvalue weighted by atomic mass is 10.2. The molecule has 3 aromatic carbocycles. The molecule has 0 radical (unpaired) electrons. The quantitative estimate of drug-likeness (QED) is 0.573. The summed E-state index contributed by atoms with van der Waals surface area (Å²) in [5.41, 5.74) is 2.92. The fourth-order valence-corrected chi connectivity index (χ4v) is 3.09. The summed E-state index contributed by atoms with van der Waals surface area (Å²) in [6.45, 7) is 1.34. The Labute approximate surface area is 171 Å². The van der Waals surface area contributed by atoms with Gasteiger partial charge in [0.2, 0.25) is 5.91 Å². The monoisotopic (exact) mass is 390 g/mol. The van der Waals surface area contributed by atoms with Crippen molar-refractivity contribution < 1.29 is 14.3 Å². The van der Waals surface area contributed by atoms with Gasteiger partial charge in [-0.25, -0.2) is 0 Å². The van der Waals surface area contributed by atoms with E-state index in [1.807, 2.05) is 36.4 Å². The van der Waals surface area contributed by atoms with Gasteiger partial charge in [0.05, 0.1) is 19.9 Å². The van der Waals surface area contributed by atoms with Crippen molar-refractivity contribution in [1.29, 1.82) is 0 Å². The van der Waals surface area contributed by atoms with Crippen molar-refractivity contribution in [3.05, 3.63) is 84.4 Å². The van der Waals surface area contributed by atoms with Crippen LogP contribution in [0, 0.1) is 0 Å². The maximum absolute atomic E-state index is 12.6. The SMILES string of the molecule is COc1ccc(NC(=O)CCN(Cc2ccccc2)c2ccccc2)c(OC)c1. The number of carbonyl (C=O) groups is 1. The molecule has 0 spiro atoms. The number of anilines is 2. The van der Waals surface area contributed by atoms with Crippen LogP contribution in [0.15, 0.2) is 78.9 Å². The first-order chi connectivity index (χ1) is 14.2. The molecule has 5 heteroatoms. The Hall–Kier alpha value is -3.47. The molecule has 0 atom stereocenters. The van der Waals surface area contributed by atoms with E-state index in [2.05, 4.69) is 34.5 Å². The number of para-hydroxylation sites is 1. The van der Waals surface area contributed by atoms with Gasteiger partial charge in [-0.3, -0.25) is 4.79 Å². The Kier molecular flexibility index (Phi) is 7.11. The molecule has 0 aliphatic carbocycles. The summed E-state index contributed by atoms with van der Waals surface area (Å²) in [6, 6.07) is 25.7. The number of carbonyl (C=O) groups excluding carboxylic acids is 1. The fourth-order valence-electron chi connectivity index (χ4n) is 3.09. The van der Waals surface area contributed by atoms with Gasteiger partial charge in [0.1, 0.15) is 11.5 Å². The summed E-state index contributed by atoms with van der Waals surface area (Å²) in [6.07, 6.45) is 0.358. The topological polar surface area (TPSA) is 50.8 Å². The van der Waals surface area contributed by atoms with Crippen molar-refractivity contribution >= 4 is 17.3 Å². The lowest BCUT2D eigenvalue weighted by molar-refractivity contribution is -0.116. The van der Waals surface area contributed by atoms with E-state index < -0.39 is 0 Å². The minimum atomic E-state index is -0.0672. The van der Waals surface area contributed by atoms with Gasteiger partial charge in [0.15, 0.2) is 0 Å². The molecule has 150 valence electrons. The van der Waals surface area contributed by atoms with Gasteiger partial charge in [-0.15, -0.1) is 0 Å². The van der Waals surface area contributed by atoms with Crippen molar-refractivity contribution in [1.82, 2.24) is 0 Å². The van der Waals surface area contributed by atoms with Crippen molar-refractivity contribution in [2.75, 3.05) is 31.0 Å². The number of nitrogens with zero attached hydrogens (tertiary/aromatic N) is 1. The number of rotatable bonds is 9. The van der Waals surface area contributed by atoms with Gasteiger partial charge in [0, 0.05) is 31.3 Å². The van der Waals surface area contributed by atoms with Crippen LogP contribution in [-0.2, 0) is 11.3 Å². The fraction of sp³-hybridized carbons (Fsp3) is 0.208. The standard InChI is InChI=1S/C24H26N2O3/c1-28-21-13-14-22(23(17-21)29-2)25-24(27)15-16-26(20-11-7-4-8-12-20)18-19-9-5-3-6-10-19/h3-14,17H,15-16,18H2,1-2H3,(H,25,27). The van der Waals surface area contributed by atoms with Gasteiger partial charge in [-0.2, -0.15) is 0 Å². The van der Waals surface area contributed by atoms with E-state index >= 15 is 0 Å². The Morgan fingerprint density at radius 2 is 1.59 bits per heavy atom. The van der Waals surface area contributed by atoms with Crippen molar-refractivity contribution in [3.63, 3.8) is 0 Å². The second kappa shape index (κ2) is 10.2. The normalized spacial score (nSPS) is 10.3. The molecular weight excluding hydrogens is 364 g/mol. The van der Waals surface area contributed by atoms with Crippen molar-refractivity contribution in [2.45, 2.75) is 13.0 Å². The molecular formula is C24H26N2O3. The van der Waals surface area contributed by atoms with E-state index in [-0.39, 0.29) is 5.91 Å². The van der Waals surface area contributed by atoms with Crippen LogP contribution in [0.2, 0.25) is 0 Å². The maximum Gasteiger partial charge on any atom is 0.226 e. The van der Waals surface area contributed by atoms with Gasteiger partial charge in [-0.1, -0.05) is 48.5 Å². The minimum absolute atomic E-state index is 0.0672. The van der Waals surface area contributed by atoms with Crippen molar-refractivity contribution in [3.8, 4) is 11.5 Å². The molecule has 0 unspecified atom stereocenters. The molecule has 3 rings (SSSR count). The molecule has 1 N–H and O–H groups in total. The van der Waals surface area contributed by atoms with Crippen LogP contribution < -0.4 is 19.7 Å². The molecule has 0 saturated heterocycles. The summed E-state index contributed by atoms with van der Waals surface area (Å²) in [7, 11) is 3.17. The van der Waals surface area contributed by atoms with Crippen LogP contribution in [0.4, 0.5) is 11.4 Å². The van der Waals surface area contributed by atoms with Crippen LogP contribution in [0.1, 0.15) is 12.0 Å². The molecule has 0 bridgehead atoms. The van der Waals surface area contributed by atoms with E-state index in [1.54, 1.807) is 32.4 Å². The molecule has 0 aliphatic rings. The molecule has 29 heavy (non-hydrogen) atoms. The van der Waals surface area contributed by atoms with E-state index in [0.717, 1.165) is 12.2 Å². The summed E-state index contributed by atoms with van der Waals surface area (Å²) in [4.78, 5) is 14.8. The molecule has 1 amide bonds. The highest BCUT2D eigenvalue weighted by Crippen LogP contribution is 2.29. The number of methoxy groups -OCH3 is 2. The Bertz CT molecular complexity index is 914. The second-order valence-electron chi connectivity index (χ2n) is 6.61. The van der Waals surface area contributed by atoms with Gasteiger partial charge >= 0.3 is 0 Å². The van der Waals surface area contributed by atoms with Gasteiger partial charge < -0.3 is 19.7 Å². The number of ether oxygens (including phenoxy) is 2. The van der Waals surface area contributed by atoms with Crippen molar-refractivity contribution in [2.24, 2.45) is 0 Å². The maximum atomic E-state index is 12.6.